The Balaban J connectivity index is 1.24. The standard InChI is InChI=1S/C39H28N4/c1-4-14-28(15-5-1)37-33-20-10-12-22-35(33)42(36-23-13-11-21-34(36)37)32-26-24-30(25-27-32)39-41-40-38(29-16-6-2-7-17-29)43(39)31-18-8-3-9-19-31/h1-27,37H. The van der Waals surface area contributed by atoms with Crippen molar-refractivity contribution in [3.8, 4) is 28.5 Å². The second-order valence-corrected chi connectivity index (χ2v) is 10.7. The molecule has 204 valence electrons. The molecule has 6 aromatic carbocycles. The average molecular weight is 553 g/mol. The van der Waals surface area contributed by atoms with Crippen molar-refractivity contribution < 1.29 is 0 Å². The molecular weight excluding hydrogens is 524 g/mol. The fourth-order valence-corrected chi connectivity index (χ4v) is 6.28. The molecule has 0 aliphatic carbocycles. The van der Waals surface area contributed by atoms with Crippen molar-refractivity contribution in [3.05, 3.63) is 180 Å². The number of benzene rings is 6. The zero-order chi connectivity index (χ0) is 28.6. The Morgan fingerprint density at radius 1 is 0.395 bits per heavy atom. The number of anilines is 3. The molecule has 0 saturated carbocycles. The molecule has 0 saturated heterocycles. The first-order chi connectivity index (χ1) is 21.4. The molecule has 0 spiro atoms. The third kappa shape index (κ3) is 4.32. The lowest BCUT2D eigenvalue weighted by Crippen LogP contribution is -2.22. The van der Waals surface area contributed by atoms with Crippen molar-refractivity contribution in [3.63, 3.8) is 0 Å². The number of hydrogen-bond acceptors (Lipinski definition) is 3. The molecule has 2 heterocycles. The molecule has 0 atom stereocenters. The van der Waals surface area contributed by atoms with Gasteiger partial charge in [-0.15, -0.1) is 10.2 Å². The summed E-state index contributed by atoms with van der Waals surface area (Å²) in [5, 5.41) is 9.35. The van der Waals surface area contributed by atoms with Gasteiger partial charge in [0.25, 0.3) is 0 Å². The molecule has 7 aromatic rings. The highest BCUT2D eigenvalue weighted by atomic mass is 15.3. The van der Waals surface area contributed by atoms with E-state index in [1.54, 1.807) is 0 Å². The van der Waals surface area contributed by atoms with Gasteiger partial charge in [0.2, 0.25) is 0 Å². The topological polar surface area (TPSA) is 34.0 Å². The third-order valence-electron chi connectivity index (χ3n) is 8.20. The van der Waals surface area contributed by atoms with E-state index in [4.69, 9.17) is 5.10 Å². The van der Waals surface area contributed by atoms with Gasteiger partial charge in [-0.2, -0.15) is 0 Å². The zero-order valence-corrected chi connectivity index (χ0v) is 23.5. The molecule has 0 N–H and O–H groups in total. The first kappa shape index (κ1) is 25.0. The highest BCUT2D eigenvalue weighted by Crippen LogP contribution is 2.51. The van der Waals surface area contributed by atoms with Gasteiger partial charge in [-0.25, -0.2) is 0 Å². The minimum absolute atomic E-state index is 0.171. The lowest BCUT2D eigenvalue weighted by molar-refractivity contribution is 0.939. The highest BCUT2D eigenvalue weighted by molar-refractivity contribution is 5.86. The van der Waals surface area contributed by atoms with Crippen LogP contribution < -0.4 is 4.90 Å². The van der Waals surface area contributed by atoms with E-state index in [2.05, 4.69) is 142 Å². The number of fused-ring (bicyclic) bond motifs is 2. The van der Waals surface area contributed by atoms with Gasteiger partial charge in [0.1, 0.15) is 0 Å². The van der Waals surface area contributed by atoms with Gasteiger partial charge >= 0.3 is 0 Å². The van der Waals surface area contributed by atoms with Crippen molar-refractivity contribution >= 4 is 17.1 Å². The monoisotopic (exact) mass is 552 g/mol. The summed E-state index contributed by atoms with van der Waals surface area (Å²) >= 11 is 0. The smallest absolute Gasteiger partial charge is 0.168 e. The Labute approximate surface area is 251 Å². The summed E-state index contributed by atoms with van der Waals surface area (Å²) in [6.45, 7) is 0. The van der Waals surface area contributed by atoms with E-state index in [1.165, 1.54) is 28.1 Å². The Bertz CT molecular complexity index is 1970. The summed E-state index contributed by atoms with van der Waals surface area (Å²) in [6.07, 6.45) is 0. The molecule has 4 heteroatoms. The molecule has 1 aromatic heterocycles. The molecule has 1 aliphatic rings. The van der Waals surface area contributed by atoms with E-state index in [9.17, 15) is 0 Å². The minimum atomic E-state index is 0.171. The van der Waals surface area contributed by atoms with Crippen molar-refractivity contribution in [2.45, 2.75) is 5.92 Å². The van der Waals surface area contributed by atoms with Crippen molar-refractivity contribution in [2.24, 2.45) is 0 Å². The van der Waals surface area contributed by atoms with Crippen LogP contribution in [0.4, 0.5) is 17.1 Å². The summed E-state index contributed by atoms with van der Waals surface area (Å²) in [5.74, 6) is 1.79. The quantitative estimate of drug-likeness (QED) is 0.213. The number of aromatic nitrogens is 3. The number of hydrogen-bond donors (Lipinski definition) is 0. The maximum atomic E-state index is 4.70. The fraction of sp³-hybridized carbons (Fsp3) is 0.0256. The number of rotatable bonds is 5. The molecule has 1 aliphatic heterocycles. The molecular formula is C39H28N4. The van der Waals surface area contributed by atoms with Crippen LogP contribution in [0.15, 0.2) is 164 Å². The van der Waals surface area contributed by atoms with Crippen LogP contribution in [0.2, 0.25) is 0 Å². The Morgan fingerprint density at radius 3 is 1.44 bits per heavy atom. The lowest BCUT2D eigenvalue weighted by Gasteiger charge is -2.38. The normalized spacial score (nSPS) is 12.5. The van der Waals surface area contributed by atoms with Crippen LogP contribution in [0.5, 0.6) is 0 Å². The van der Waals surface area contributed by atoms with Crippen LogP contribution in [0.3, 0.4) is 0 Å². The second kappa shape index (κ2) is 10.6. The summed E-state index contributed by atoms with van der Waals surface area (Å²) in [5.41, 5.74) is 10.4. The van der Waals surface area contributed by atoms with Crippen LogP contribution in [0, 0.1) is 0 Å². The summed E-state index contributed by atoms with van der Waals surface area (Å²) in [7, 11) is 0. The summed E-state index contributed by atoms with van der Waals surface area (Å²) < 4.78 is 2.14. The van der Waals surface area contributed by atoms with E-state index in [0.29, 0.717) is 0 Å². The predicted molar refractivity (Wildman–Crippen MR) is 174 cm³/mol. The van der Waals surface area contributed by atoms with Gasteiger partial charge in [0.15, 0.2) is 11.6 Å². The molecule has 0 amide bonds. The molecule has 43 heavy (non-hydrogen) atoms. The van der Waals surface area contributed by atoms with Crippen LogP contribution in [-0.4, -0.2) is 14.8 Å². The van der Waals surface area contributed by atoms with E-state index in [-0.39, 0.29) is 5.92 Å². The lowest BCUT2D eigenvalue weighted by atomic mass is 9.80. The largest absolute Gasteiger partial charge is 0.310 e. The molecule has 0 fully saturated rings. The van der Waals surface area contributed by atoms with Crippen LogP contribution in [0.25, 0.3) is 28.5 Å². The van der Waals surface area contributed by atoms with E-state index >= 15 is 0 Å². The maximum Gasteiger partial charge on any atom is 0.168 e. The Morgan fingerprint density at radius 2 is 0.860 bits per heavy atom. The van der Waals surface area contributed by atoms with Crippen molar-refractivity contribution in [1.29, 1.82) is 0 Å². The Hall–Kier alpha value is -5.74. The summed E-state index contributed by atoms with van der Waals surface area (Å²) in [4.78, 5) is 2.38. The van der Waals surface area contributed by atoms with E-state index in [0.717, 1.165) is 34.2 Å². The van der Waals surface area contributed by atoms with Gasteiger partial charge in [-0.1, -0.05) is 115 Å². The van der Waals surface area contributed by atoms with Crippen LogP contribution in [-0.2, 0) is 0 Å². The average Bonchev–Trinajstić information content (AvgIpc) is 3.54. The van der Waals surface area contributed by atoms with E-state index < -0.39 is 0 Å². The first-order valence-electron chi connectivity index (χ1n) is 14.6. The fourth-order valence-electron chi connectivity index (χ4n) is 6.28. The molecule has 8 rings (SSSR count). The Kier molecular flexibility index (Phi) is 6.16. The maximum absolute atomic E-state index is 4.70. The number of nitrogens with zero attached hydrogens (tertiary/aromatic N) is 4. The predicted octanol–water partition coefficient (Wildman–Crippen LogP) is 9.56. The molecule has 0 bridgehead atoms. The minimum Gasteiger partial charge on any atom is -0.310 e. The highest BCUT2D eigenvalue weighted by Gasteiger charge is 2.32. The van der Waals surface area contributed by atoms with Crippen molar-refractivity contribution in [1.82, 2.24) is 14.8 Å². The van der Waals surface area contributed by atoms with Crippen LogP contribution in [0.1, 0.15) is 22.6 Å². The zero-order valence-electron chi connectivity index (χ0n) is 23.5. The van der Waals surface area contributed by atoms with Gasteiger partial charge in [0.05, 0.1) is 11.4 Å². The van der Waals surface area contributed by atoms with Gasteiger partial charge in [-0.3, -0.25) is 4.57 Å². The first-order valence-corrected chi connectivity index (χ1v) is 14.6. The SMILES string of the molecule is c1ccc(-c2nnc(-c3ccc(N4c5ccccc5C(c5ccccc5)c5ccccc54)cc3)n2-c2ccccc2)cc1. The second-order valence-electron chi connectivity index (χ2n) is 10.7. The van der Waals surface area contributed by atoms with Gasteiger partial charge in [-0.05, 0) is 65.2 Å². The molecule has 4 nitrogen and oxygen atoms in total. The van der Waals surface area contributed by atoms with Crippen molar-refractivity contribution in [2.75, 3.05) is 4.90 Å². The summed E-state index contributed by atoms with van der Waals surface area (Å²) in [6, 6.07) is 57.6. The third-order valence-corrected chi connectivity index (χ3v) is 8.20. The van der Waals surface area contributed by atoms with E-state index in [1.807, 2.05) is 36.4 Å². The molecule has 0 unspecified atom stereocenters. The van der Waals surface area contributed by atoms with Gasteiger partial charge in [0, 0.05) is 28.4 Å². The van der Waals surface area contributed by atoms with Gasteiger partial charge < -0.3 is 4.90 Å². The van der Waals surface area contributed by atoms with Crippen LogP contribution >= 0.6 is 0 Å². The molecule has 0 radical (unpaired) electrons. The number of para-hydroxylation sites is 3.